The standard InChI is InChI=1S/C15H16BrN3O/c1-19(2)15(20)13-8-5-11(17)9-14(13)18-12-6-3-10(16)4-7-12/h3-9,18H,17H2,1-2H3. The Morgan fingerprint density at radius 1 is 1.15 bits per heavy atom. The Bertz CT molecular complexity index is 624. The predicted octanol–water partition coefficient (Wildman–Crippen LogP) is 3.48. The van der Waals surface area contributed by atoms with Gasteiger partial charge in [-0.15, -0.1) is 0 Å². The van der Waals surface area contributed by atoms with Crippen molar-refractivity contribution in [3.8, 4) is 0 Å². The molecule has 5 heteroatoms. The molecule has 0 bridgehead atoms. The second-order valence-electron chi connectivity index (χ2n) is 4.64. The first-order chi connectivity index (χ1) is 9.47. The van der Waals surface area contributed by atoms with Crippen LogP contribution in [0.25, 0.3) is 0 Å². The molecule has 0 saturated heterocycles. The topological polar surface area (TPSA) is 58.4 Å². The highest BCUT2D eigenvalue weighted by molar-refractivity contribution is 9.10. The van der Waals surface area contributed by atoms with Gasteiger partial charge in [-0.3, -0.25) is 4.79 Å². The van der Waals surface area contributed by atoms with Gasteiger partial charge in [-0.25, -0.2) is 0 Å². The number of carbonyl (C=O) groups excluding carboxylic acids is 1. The van der Waals surface area contributed by atoms with Crippen LogP contribution in [0.15, 0.2) is 46.9 Å². The lowest BCUT2D eigenvalue weighted by Crippen LogP contribution is -2.22. The molecule has 0 heterocycles. The maximum Gasteiger partial charge on any atom is 0.255 e. The van der Waals surface area contributed by atoms with E-state index >= 15 is 0 Å². The van der Waals surface area contributed by atoms with Crippen molar-refractivity contribution in [1.82, 2.24) is 4.90 Å². The van der Waals surface area contributed by atoms with Crippen LogP contribution < -0.4 is 11.1 Å². The number of nitrogens with two attached hydrogens (primary N) is 1. The van der Waals surface area contributed by atoms with E-state index in [1.165, 1.54) is 4.90 Å². The summed E-state index contributed by atoms with van der Waals surface area (Å²) in [5, 5.41) is 3.23. The number of hydrogen-bond acceptors (Lipinski definition) is 3. The van der Waals surface area contributed by atoms with Crippen LogP contribution in [0.3, 0.4) is 0 Å². The second kappa shape index (κ2) is 5.96. The molecule has 0 aliphatic heterocycles. The number of hydrogen-bond donors (Lipinski definition) is 2. The summed E-state index contributed by atoms with van der Waals surface area (Å²) >= 11 is 3.39. The molecule has 2 rings (SSSR count). The van der Waals surface area contributed by atoms with Crippen molar-refractivity contribution < 1.29 is 4.79 Å². The van der Waals surface area contributed by atoms with Crippen LogP contribution in [-0.2, 0) is 0 Å². The summed E-state index contributed by atoms with van der Waals surface area (Å²) in [4.78, 5) is 13.7. The lowest BCUT2D eigenvalue weighted by molar-refractivity contribution is 0.0828. The fraction of sp³-hybridized carbons (Fsp3) is 0.133. The first kappa shape index (κ1) is 14.4. The van der Waals surface area contributed by atoms with Gasteiger partial charge in [0.25, 0.3) is 5.91 Å². The van der Waals surface area contributed by atoms with Gasteiger partial charge in [0.1, 0.15) is 0 Å². The molecule has 1 amide bonds. The van der Waals surface area contributed by atoms with Crippen molar-refractivity contribution >= 4 is 38.9 Å². The van der Waals surface area contributed by atoms with Gasteiger partial charge in [0.15, 0.2) is 0 Å². The van der Waals surface area contributed by atoms with E-state index in [9.17, 15) is 4.79 Å². The molecule has 2 aromatic carbocycles. The van der Waals surface area contributed by atoms with Gasteiger partial charge in [0.2, 0.25) is 0 Å². The fourth-order valence-electron chi connectivity index (χ4n) is 1.78. The number of amides is 1. The molecule has 0 atom stereocenters. The average Bonchev–Trinajstić information content (AvgIpc) is 2.41. The van der Waals surface area contributed by atoms with Crippen LogP contribution in [0.1, 0.15) is 10.4 Å². The molecule has 0 saturated carbocycles. The van der Waals surface area contributed by atoms with Crippen molar-refractivity contribution in [1.29, 1.82) is 0 Å². The summed E-state index contributed by atoms with van der Waals surface area (Å²) < 4.78 is 1.00. The molecule has 0 spiro atoms. The highest BCUT2D eigenvalue weighted by atomic mass is 79.9. The average molecular weight is 334 g/mol. The van der Waals surface area contributed by atoms with Gasteiger partial charge in [-0.05, 0) is 42.5 Å². The number of nitrogens with one attached hydrogen (secondary N) is 1. The van der Waals surface area contributed by atoms with E-state index in [4.69, 9.17) is 5.73 Å². The summed E-state index contributed by atoms with van der Waals surface area (Å²) in [7, 11) is 3.45. The molecule has 0 aliphatic carbocycles. The monoisotopic (exact) mass is 333 g/mol. The quantitative estimate of drug-likeness (QED) is 0.845. The Hall–Kier alpha value is -2.01. The summed E-state index contributed by atoms with van der Waals surface area (Å²) in [6.07, 6.45) is 0. The lowest BCUT2D eigenvalue weighted by Gasteiger charge is -2.16. The van der Waals surface area contributed by atoms with Gasteiger partial charge in [-0.2, -0.15) is 0 Å². The van der Waals surface area contributed by atoms with Gasteiger partial charge < -0.3 is 16.0 Å². The SMILES string of the molecule is CN(C)C(=O)c1ccc(N)cc1Nc1ccc(Br)cc1. The Labute approximate surface area is 126 Å². The molecule has 2 aromatic rings. The molecule has 0 fully saturated rings. The van der Waals surface area contributed by atoms with E-state index in [1.54, 1.807) is 32.3 Å². The molecule has 104 valence electrons. The van der Waals surface area contributed by atoms with E-state index in [0.717, 1.165) is 10.2 Å². The van der Waals surface area contributed by atoms with Crippen molar-refractivity contribution in [2.45, 2.75) is 0 Å². The summed E-state index contributed by atoms with van der Waals surface area (Å²) in [6.45, 7) is 0. The molecule has 0 aliphatic rings. The highest BCUT2D eigenvalue weighted by Gasteiger charge is 2.13. The van der Waals surface area contributed by atoms with Gasteiger partial charge in [0.05, 0.1) is 11.3 Å². The van der Waals surface area contributed by atoms with Crippen LogP contribution in [-0.4, -0.2) is 24.9 Å². The predicted molar refractivity (Wildman–Crippen MR) is 86.3 cm³/mol. The van der Waals surface area contributed by atoms with E-state index in [2.05, 4.69) is 21.2 Å². The third-order valence-corrected chi connectivity index (χ3v) is 3.33. The van der Waals surface area contributed by atoms with Crippen molar-refractivity contribution in [3.05, 3.63) is 52.5 Å². The fourth-order valence-corrected chi connectivity index (χ4v) is 2.05. The number of carbonyl (C=O) groups is 1. The maximum absolute atomic E-state index is 12.2. The molecule has 0 radical (unpaired) electrons. The number of nitrogen functional groups attached to an aromatic ring is 1. The normalized spacial score (nSPS) is 10.2. The Morgan fingerprint density at radius 3 is 2.40 bits per heavy atom. The third kappa shape index (κ3) is 3.30. The Kier molecular flexibility index (Phi) is 4.29. The minimum atomic E-state index is -0.0652. The lowest BCUT2D eigenvalue weighted by atomic mass is 10.1. The van der Waals surface area contributed by atoms with Crippen molar-refractivity contribution in [2.24, 2.45) is 0 Å². The number of anilines is 3. The summed E-state index contributed by atoms with van der Waals surface area (Å²) in [5.41, 5.74) is 8.61. The first-order valence-corrected chi connectivity index (χ1v) is 6.90. The van der Waals surface area contributed by atoms with Crippen LogP contribution in [0.5, 0.6) is 0 Å². The minimum absolute atomic E-state index is 0.0652. The van der Waals surface area contributed by atoms with Crippen LogP contribution in [0.2, 0.25) is 0 Å². The molecule has 0 aromatic heterocycles. The Balaban J connectivity index is 2.37. The number of benzene rings is 2. The largest absolute Gasteiger partial charge is 0.399 e. The van der Waals surface area contributed by atoms with E-state index < -0.39 is 0 Å². The van der Waals surface area contributed by atoms with Gasteiger partial charge in [-0.1, -0.05) is 15.9 Å². The second-order valence-corrected chi connectivity index (χ2v) is 5.55. The highest BCUT2D eigenvalue weighted by Crippen LogP contribution is 2.25. The van der Waals surface area contributed by atoms with E-state index in [0.29, 0.717) is 16.9 Å². The zero-order chi connectivity index (χ0) is 14.7. The first-order valence-electron chi connectivity index (χ1n) is 6.11. The minimum Gasteiger partial charge on any atom is -0.399 e. The number of nitrogens with zero attached hydrogens (tertiary/aromatic N) is 1. The zero-order valence-corrected chi connectivity index (χ0v) is 12.9. The maximum atomic E-state index is 12.2. The van der Waals surface area contributed by atoms with Gasteiger partial charge in [0, 0.05) is 29.9 Å². The van der Waals surface area contributed by atoms with Crippen LogP contribution in [0, 0.1) is 0 Å². The number of halogens is 1. The van der Waals surface area contributed by atoms with Crippen molar-refractivity contribution in [3.63, 3.8) is 0 Å². The van der Waals surface area contributed by atoms with Crippen molar-refractivity contribution in [2.75, 3.05) is 25.1 Å². The summed E-state index contributed by atoms with van der Waals surface area (Å²) in [5.74, 6) is -0.0652. The molecule has 20 heavy (non-hydrogen) atoms. The molecule has 3 N–H and O–H groups in total. The molecular weight excluding hydrogens is 318 g/mol. The molecular formula is C15H16BrN3O. The Morgan fingerprint density at radius 2 is 1.80 bits per heavy atom. The molecule has 4 nitrogen and oxygen atoms in total. The van der Waals surface area contributed by atoms with E-state index in [-0.39, 0.29) is 5.91 Å². The van der Waals surface area contributed by atoms with Crippen LogP contribution >= 0.6 is 15.9 Å². The smallest absolute Gasteiger partial charge is 0.255 e. The third-order valence-electron chi connectivity index (χ3n) is 2.80. The zero-order valence-electron chi connectivity index (χ0n) is 11.4. The van der Waals surface area contributed by atoms with Gasteiger partial charge >= 0.3 is 0 Å². The van der Waals surface area contributed by atoms with Crippen LogP contribution in [0.4, 0.5) is 17.1 Å². The van der Waals surface area contributed by atoms with E-state index in [1.807, 2.05) is 24.3 Å². The molecule has 0 unspecified atom stereocenters. The number of rotatable bonds is 3. The summed E-state index contributed by atoms with van der Waals surface area (Å²) in [6, 6.07) is 12.9.